The van der Waals surface area contributed by atoms with E-state index in [0.29, 0.717) is 22.7 Å². The molecule has 1 aromatic carbocycles. The van der Waals surface area contributed by atoms with E-state index < -0.39 is 17.4 Å². The molecular weight excluding hydrogens is 392 g/mol. The smallest absolute Gasteiger partial charge is 0.390 e. The number of rotatable bonds is 7. The molecule has 0 fully saturated rings. The molecule has 3 aromatic rings. The van der Waals surface area contributed by atoms with Gasteiger partial charge >= 0.3 is 12.4 Å². The average Bonchev–Trinajstić information content (AvgIpc) is 3.20. The van der Waals surface area contributed by atoms with Crippen LogP contribution in [0.25, 0.3) is 0 Å². The van der Waals surface area contributed by atoms with Gasteiger partial charge in [-0.3, -0.25) is 4.79 Å². The summed E-state index contributed by atoms with van der Waals surface area (Å²) in [7, 11) is 0. The molecule has 2 aromatic heterocycles. The second kappa shape index (κ2) is 8.04. The highest BCUT2D eigenvalue weighted by molar-refractivity contribution is 6.03. The first-order valence-electron chi connectivity index (χ1n) is 8.25. The lowest BCUT2D eigenvalue weighted by molar-refractivity contribution is -0.389. The van der Waals surface area contributed by atoms with Crippen LogP contribution in [-0.4, -0.2) is 32.4 Å². The highest BCUT2D eigenvalue weighted by Crippen LogP contribution is 2.21. The number of aromatic nitrogens is 3. The highest BCUT2D eigenvalue weighted by Gasteiger charge is 2.24. The topological polar surface area (TPSA) is 125 Å². The lowest BCUT2D eigenvalue weighted by Gasteiger charge is -2.07. The molecular formula is C17H15F2N5O5. The number of halogens is 2. The molecule has 3 rings (SSSR count). The minimum absolute atomic E-state index is 0.0204. The Labute approximate surface area is 162 Å². The Bertz CT molecular complexity index is 1050. The molecule has 0 spiro atoms. The number of hydrogen-bond acceptors (Lipinski definition) is 7. The maximum absolute atomic E-state index is 12.6. The zero-order valence-corrected chi connectivity index (χ0v) is 15.3. The van der Waals surface area contributed by atoms with Crippen LogP contribution in [0.15, 0.2) is 34.9 Å². The Morgan fingerprint density at radius 3 is 2.62 bits per heavy atom. The molecule has 29 heavy (non-hydrogen) atoms. The van der Waals surface area contributed by atoms with Crippen molar-refractivity contribution < 1.29 is 27.8 Å². The van der Waals surface area contributed by atoms with Crippen LogP contribution in [0.4, 0.5) is 20.3 Å². The standard InChI is InChI=1S/C17H15F2N5O5/c1-9-7-14(24(26)27)21-23(9)8-13-10(2)29-22-15(13)16(25)20-11-3-5-12(6-4-11)28-17(18)19/h3-7,17H,8H2,1-2H3,(H,20,25). The molecule has 0 aliphatic carbocycles. The zero-order valence-electron chi connectivity index (χ0n) is 15.3. The van der Waals surface area contributed by atoms with Crippen LogP contribution in [-0.2, 0) is 6.54 Å². The maximum atomic E-state index is 12.6. The van der Waals surface area contributed by atoms with Gasteiger partial charge in [0.15, 0.2) is 5.69 Å². The molecule has 12 heteroatoms. The first kappa shape index (κ1) is 19.9. The third-order valence-electron chi connectivity index (χ3n) is 4.00. The van der Waals surface area contributed by atoms with Crippen LogP contribution in [0, 0.1) is 24.0 Å². The molecule has 0 saturated heterocycles. The summed E-state index contributed by atoms with van der Waals surface area (Å²) in [5, 5.41) is 21.1. The van der Waals surface area contributed by atoms with Crippen LogP contribution >= 0.6 is 0 Å². The van der Waals surface area contributed by atoms with Crippen molar-refractivity contribution in [3.63, 3.8) is 0 Å². The molecule has 0 saturated carbocycles. The van der Waals surface area contributed by atoms with Gasteiger partial charge in [-0.15, -0.1) is 0 Å². The van der Waals surface area contributed by atoms with Gasteiger partial charge in [-0.05, 0) is 43.0 Å². The molecule has 152 valence electrons. The van der Waals surface area contributed by atoms with Gasteiger partial charge in [-0.2, -0.15) is 13.5 Å². The summed E-state index contributed by atoms with van der Waals surface area (Å²) < 4.78 is 35.1. The van der Waals surface area contributed by atoms with E-state index in [-0.39, 0.29) is 23.8 Å². The zero-order chi connectivity index (χ0) is 21.1. The summed E-state index contributed by atoms with van der Waals surface area (Å²) in [5.74, 6) is -0.604. The second-order valence-corrected chi connectivity index (χ2v) is 5.98. The van der Waals surface area contributed by atoms with Crippen LogP contribution in [0.2, 0.25) is 0 Å². The van der Waals surface area contributed by atoms with Gasteiger partial charge in [-0.25, -0.2) is 0 Å². The Kier molecular flexibility index (Phi) is 5.52. The molecule has 0 radical (unpaired) electrons. The normalized spacial score (nSPS) is 10.9. The summed E-state index contributed by atoms with van der Waals surface area (Å²) in [4.78, 5) is 22.8. The van der Waals surface area contributed by atoms with E-state index in [1.807, 2.05) is 0 Å². The lowest BCUT2D eigenvalue weighted by atomic mass is 10.1. The molecule has 0 aliphatic rings. The summed E-state index contributed by atoms with van der Waals surface area (Å²) in [6.07, 6.45) is 0. The molecule has 2 heterocycles. The average molecular weight is 407 g/mol. The number of carbonyl (C=O) groups is 1. The summed E-state index contributed by atoms with van der Waals surface area (Å²) >= 11 is 0. The molecule has 10 nitrogen and oxygen atoms in total. The predicted molar refractivity (Wildman–Crippen MR) is 95.0 cm³/mol. The highest BCUT2D eigenvalue weighted by atomic mass is 19.3. The van der Waals surface area contributed by atoms with E-state index in [1.165, 1.54) is 35.0 Å². The Morgan fingerprint density at radius 2 is 2.03 bits per heavy atom. The number of aryl methyl sites for hydroxylation is 2. The number of benzene rings is 1. The van der Waals surface area contributed by atoms with E-state index in [4.69, 9.17) is 4.52 Å². The molecule has 1 amide bonds. The number of alkyl halides is 2. The van der Waals surface area contributed by atoms with Gasteiger partial charge in [0.25, 0.3) is 5.91 Å². The number of nitro groups is 1. The minimum atomic E-state index is -2.95. The first-order chi connectivity index (χ1) is 13.7. The van der Waals surface area contributed by atoms with E-state index in [0.717, 1.165) is 0 Å². The number of hydrogen-bond donors (Lipinski definition) is 1. The maximum Gasteiger partial charge on any atom is 0.390 e. The van der Waals surface area contributed by atoms with Crippen molar-refractivity contribution in [2.24, 2.45) is 0 Å². The van der Waals surface area contributed by atoms with E-state index >= 15 is 0 Å². The fraction of sp³-hybridized carbons (Fsp3) is 0.235. The van der Waals surface area contributed by atoms with Crippen molar-refractivity contribution in [3.05, 3.63) is 63.2 Å². The molecule has 0 atom stereocenters. The SMILES string of the molecule is Cc1onc(C(=O)Nc2ccc(OC(F)F)cc2)c1Cn1nc([N+](=O)[O-])cc1C. The van der Waals surface area contributed by atoms with Crippen molar-refractivity contribution in [3.8, 4) is 5.75 Å². The van der Waals surface area contributed by atoms with Crippen molar-refractivity contribution in [1.82, 2.24) is 14.9 Å². The monoisotopic (exact) mass is 407 g/mol. The van der Waals surface area contributed by atoms with E-state index in [9.17, 15) is 23.7 Å². The third-order valence-corrected chi connectivity index (χ3v) is 4.00. The van der Waals surface area contributed by atoms with Crippen molar-refractivity contribution >= 4 is 17.4 Å². The number of nitrogens with one attached hydrogen (secondary N) is 1. The van der Waals surface area contributed by atoms with Gasteiger partial charge in [0.1, 0.15) is 11.5 Å². The lowest BCUT2D eigenvalue weighted by Crippen LogP contribution is -2.16. The van der Waals surface area contributed by atoms with Crippen LogP contribution < -0.4 is 10.1 Å². The van der Waals surface area contributed by atoms with E-state index in [2.05, 4.69) is 20.3 Å². The quantitative estimate of drug-likeness (QED) is 0.470. The summed E-state index contributed by atoms with van der Waals surface area (Å²) in [6.45, 7) is 0.339. The third kappa shape index (κ3) is 4.54. The fourth-order valence-electron chi connectivity index (χ4n) is 2.56. The van der Waals surface area contributed by atoms with Gasteiger partial charge in [-0.1, -0.05) is 5.16 Å². The first-order valence-corrected chi connectivity index (χ1v) is 8.25. The number of carbonyl (C=O) groups excluding carboxylic acids is 1. The Morgan fingerprint density at radius 1 is 1.34 bits per heavy atom. The molecule has 0 bridgehead atoms. The van der Waals surface area contributed by atoms with Gasteiger partial charge in [0, 0.05) is 5.69 Å². The molecule has 0 aliphatic heterocycles. The number of anilines is 1. The van der Waals surface area contributed by atoms with Gasteiger partial charge in [0.2, 0.25) is 0 Å². The van der Waals surface area contributed by atoms with Crippen LogP contribution in [0.5, 0.6) is 5.75 Å². The van der Waals surface area contributed by atoms with E-state index in [1.54, 1.807) is 13.8 Å². The predicted octanol–water partition coefficient (Wildman–Crippen LogP) is 3.30. The van der Waals surface area contributed by atoms with Crippen molar-refractivity contribution in [1.29, 1.82) is 0 Å². The van der Waals surface area contributed by atoms with Crippen molar-refractivity contribution in [2.75, 3.05) is 5.32 Å². The largest absolute Gasteiger partial charge is 0.435 e. The Balaban J connectivity index is 1.78. The van der Waals surface area contributed by atoms with Crippen LogP contribution in [0.1, 0.15) is 27.5 Å². The number of amides is 1. The summed E-state index contributed by atoms with van der Waals surface area (Å²) in [5.41, 5.74) is 1.24. The molecule has 1 N–H and O–H groups in total. The van der Waals surface area contributed by atoms with Crippen molar-refractivity contribution in [2.45, 2.75) is 27.0 Å². The minimum Gasteiger partial charge on any atom is -0.435 e. The number of nitrogens with zero attached hydrogens (tertiary/aromatic N) is 4. The Hall–Kier alpha value is -3.83. The second-order valence-electron chi connectivity index (χ2n) is 5.98. The fourth-order valence-corrected chi connectivity index (χ4v) is 2.56. The summed E-state index contributed by atoms with van der Waals surface area (Å²) in [6, 6.07) is 6.66. The van der Waals surface area contributed by atoms with Crippen LogP contribution in [0.3, 0.4) is 0 Å². The van der Waals surface area contributed by atoms with Gasteiger partial charge in [0.05, 0.1) is 29.0 Å². The number of ether oxygens (including phenoxy) is 1. The van der Waals surface area contributed by atoms with Gasteiger partial charge < -0.3 is 24.7 Å². The molecule has 0 unspecified atom stereocenters.